The number of carbonyl (C=O) groups is 1. The number of ether oxygens (including phenoxy) is 1. The zero-order valence-corrected chi connectivity index (χ0v) is 13.0. The van der Waals surface area contributed by atoms with Crippen molar-refractivity contribution in [3.63, 3.8) is 0 Å². The molecule has 0 aliphatic rings. The lowest BCUT2D eigenvalue weighted by molar-refractivity contribution is -0.116. The third kappa shape index (κ3) is 3.90. The molecule has 0 saturated carbocycles. The number of methoxy groups -OCH3 is 1. The first kappa shape index (κ1) is 16.4. The molecule has 1 N–H and O–H groups in total. The maximum atomic E-state index is 11.9. The van der Waals surface area contributed by atoms with E-state index in [9.17, 15) is 9.00 Å². The van der Waals surface area contributed by atoms with Gasteiger partial charge in [0.05, 0.1) is 34.7 Å². The molecule has 1 aromatic carbocycles. The normalized spacial score (nSPS) is 11.6. The summed E-state index contributed by atoms with van der Waals surface area (Å²) in [5, 5.41) is 0.333. The van der Waals surface area contributed by atoms with Crippen LogP contribution in [0.4, 0.5) is 0 Å². The number of hydrogen-bond donors (Lipinski definition) is 1. The summed E-state index contributed by atoms with van der Waals surface area (Å²) in [5.74, 6) is 0.674. The van der Waals surface area contributed by atoms with E-state index in [2.05, 4.69) is 9.97 Å². The molecule has 0 spiro atoms. The van der Waals surface area contributed by atoms with Gasteiger partial charge in [0.25, 0.3) is 0 Å². The number of nitrogens with zero attached hydrogens (tertiary/aromatic N) is 1. The molecular formula is C14H20N2O3S. The van der Waals surface area contributed by atoms with Crippen LogP contribution in [-0.4, -0.2) is 32.8 Å². The number of carbonyl (C=O) groups excluding carboxylic acids is 1. The molecule has 1 heterocycles. The van der Waals surface area contributed by atoms with Gasteiger partial charge in [-0.2, -0.15) is 0 Å². The molecule has 6 heteroatoms. The van der Waals surface area contributed by atoms with Gasteiger partial charge in [0, 0.05) is 12.5 Å². The topological polar surface area (TPSA) is 72.1 Å². The number of imidazole rings is 1. The van der Waals surface area contributed by atoms with E-state index in [1.165, 1.54) is 0 Å². The van der Waals surface area contributed by atoms with Crippen molar-refractivity contribution in [3.8, 4) is 5.75 Å². The molecule has 0 fully saturated rings. The van der Waals surface area contributed by atoms with Gasteiger partial charge >= 0.3 is 0 Å². The van der Waals surface area contributed by atoms with Crippen molar-refractivity contribution in [2.24, 2.45) is 0 Å². The number of fused-ring (bicyclic) bond motifs is 1. The number of nitrogens with one attached hydrogen (secondary N) is 1. The summed E-state index contributed by atoms with van der Waals surface area (Å²) in [5.41, 5.74) is 1.46. The Morgan fingerprint density at radius 3 is 2.70 bits per heavy atom. The van der Waals surface area contributed by atoms with Crippen molar-refractivity contribution in [1.82, 2.24) is 9.97 Å². The van der Waals surface area contributed by atoms with Gasteiger partial charge in [-0.15, -0.1) is 0 Å². The highest BCUT2D eigenvalue weighted by atomic mass is 32.2. The van der Waals surface area contributed by atoms with E-state index in [1.54, 1.807) is 32.2 Å². The Balaban J connectivity index is 0.000000956. The van der Waals surface area contributed by atoms with Crippen molar-refractivity contribution in [3.05, 3.63) is 18.2 Å². The van der Waals surface area contributed by atoms with Gasteiger partial charge in [-0.05, 0) is 12.1 Å². The summed E-state index contributed by atoms with van der Waals surface area (Å²) in [6.07, 6.45) is 0.389. The first-order valence-corrected chi connectivity index (χ1v) is 7.89. The van der Waals surface area contributed by atoms with Crippen LogP contribution in [-0.2, 0) is 15.6 Å². The lowest BCUT2D eigenvalue weighted by atomic mass is 10.3. The second-order valence-corrected chi connectivity index (χ2v) is 5.17. The second kappa shape index (κ2) is 7.79. The molecule has 5 nitrogen and oxygen atoms in total. The van der Waals surface area contributed by atoms with Gasteiger partial charge in [0.1, 0.15) is 11.5 Å². The van der Waals surface area contributed by atoms with Crippen molar-refractivity contribution in [1.29, 1.82) is 0 Å². The number of H-pyrrole nitrogens is 1. The Morgan fingerprint density at radius 2 is 2.10 bits per heavy atom. The predicted octanol–water partition coefficient (Wildman–Crippen LogP) is 2.68. The van der Waals surface area contributed by atoms with Gasteiger partial charge in [0.15, 0.2) is 5.16 Å². The SMILES string of the molecule is CC.CCC(=O)CS(=O)c1nc2ccc(OC)cc2[nH]1. The Labute approximate surface area is 121 Å². The Hall–Kier alpha value is -1.69. The fourth-order valence-electron chi connectivity index (χ4n) is 1.52. The number of benzene rings is 1. The average Bonchev–Trinajstić information content (AvgIpc) is 2.92. The maximum absolute atomic E-state index is 11.9. The monoisotopic (exact) mass is 296 g/mol. The summed E-state index contributed by atoms with van der Waals surface area (Å²) in [6.45, 7) is 5.75. The summed E-state index contributed by atoms with van der Waals surface area (Å²) in [4.78, 5) is 18.4. The van der Waals surface area contributed by atoms with E-state index in [4.69, 9.17) is 4.74 Å². The van der Waals surface area contributed by atoms with Crippen molar-refractivity contribution in [2.75, 3.05) is 12.9 Å². The molecule has 0 bridgehead atoms. The zero-order chi connectivity index (χ0) is 15.1. The first-order valence-electron chi connectivity index (χ1n) is 6.58. The van der Waals surface area contributed by atoms with E-state index in [0.29, 0.717) is 22.8 Å². The van der Waals surface area contributed by atoms with Crippen LogP contribution in [0.1, 0.15) is 27.2 Å². The first-order chi connectivity index (χ1) is 9.63. The maximum Gasteiger partial charge on any atom is 0.197 e. The Kier molecular flexibility index (Phi) is 6.38. The minimum atomic E-state index is -1.41. The van der Waals surface area contributed by atoms with E-state index in [-0.39, 0.29) is 11.5 Å². The third-order valence-electron chi connectivity index (χ3n) is 2.57. The largest absolute Gasteiger partial charge is 0.497 e. The minimum absolute atomic E-state index is 0.00740. The third-order valence-corrected chi connectivity index (χ3v) is 3.78. The van der Waals surface area contributed by atoms with Gasteiger partial charge in [-0.1, -0.05) is 20.8 Å². The Bertz CT molecular complexity index is 607. The van der Waals surface area contributed by atoms with Crippen LogP contribution < -0.4 is 4.74 Å². The summed E-state index contributed by atoms with van der Waals surface area (Å²) in [7, 11) is 0.168. The molecule has 1 aromatic heterocycles. The smallest absolute Gasteiger partial charge is 0.197 e. The molecule has 0 saturated heterocycles. The summed E-state index contributed by atoms with van der Waals surface area (Å²) >= 11 is 0. The van der Waals surface area contributed by atoms with Gasteiger partial charge < -0.3 is 9.72 Å². The zero-order valence-electron chi connectivity index (χ0n) is 12.2. The van der Waals surface area contributed by atoms with E-state index in [0.717, 1.165) is 5.52 Å². The average molecular weight is 296 g/mol. The Morgan fingerprint density at radius 1 is 1.40 bits per heavy atom. The van der Waals surface area contributed by atoms with Crippen LogP contribution in [0.3, 0.4) is 0 Å². The minimum Gasteiger partial charge on any atom is -0.497 e. The molecule has 0 amide bonds. The van der Waals surface area contributed by atoms with E-state index in [1.807, 2.05) is 13.8 Å². The second-order valence-electron chi connectivity index (χ2n) is 3.81. The highest BCUT2D eigenvalue weighted by Gasteiger charge is 2.13. The molecule has 1 atom stereocenters. The van der Waals surface area contributed by atoms with Crippen LogP contribution in [0.2, 0.25) is 0 Å². The highest BCUT2D eigenvalue weighted by Crippen LogP contribution is 2.19. The fraction of sp³-hybridized carbons (Fsp3) is 0.429. The molecule has 20 heavy (non-hydrogen) atoms. The number of Topliss-reactive ketones (excluding diaryl/α,β-unsaturated/α-hetero) is 1. The highest BCUT2D eigenvalue weighted by molar-refractivity contribution is 7.85. The standard InChI is InChI=1S/C12H14N2O3S.C2H6/c1-3-8(15)7-18(16)12-13-10-5-4-9(17-2)6-11(10)14-12;1-2/h4-6H,3,7H2,1-2H3,(H,13,14);1-2H3. The number of hydrogen-bond acceptors (Lipinski definition) is 4. The van der Waals surface area contributed by atoms with Crippen LogP contribution in [0.5, 0.6) is 5.75 Å². The van der Waals surface area contributed by atoms with Crippen LogP contribution in [0.25, 0.3) is 11.0 Å². The molecule has 2 aromatic rings. The lowest BCUT2D eigenvalue weighted by Crippen LogP contribution is -2.10. The summed E-state index contributed by atoms with van der Waals surface area (Å²) < 4.78 is 17.0. The molecule has 0 aliphatic carbocycles. The van der Waals surface area contributed by atoms with Crippen molar-refractivity contribution in [2.45, 2.75) is 32.3 Å². The lowest BCUT2D eigenvalue weighted by Gasteiger charge is -1.96. The predicted molar refractivity (Wildman–Crippen MR) is 80.6 cm³/mol. The van der Waals surface area contributed by atoms with Crippen molar-refractivity contribution >= 4 is 27.6 Å². The molecular weight excluding hydrogens is 276 g/mol. The fourth-order valence-corrected chi connectivity index (χ4v) is 2.57. The number of aromatic amines is 1. The van der Waals surface area contributed by atoms with E-state index >= 15 is 0 Å². The van der Waals surface area contributed by atoms with Crippen LogP contribution >= 0.6 is 0 Å². The van der Waals surface area contributed by atoms with Gasteiger partial charge in [-0.25, -0.2) is 4.98 Å². The molecule has 110 valence electrons. The number of aromatic nitrogens is 2. The van der Waals surface area contributed by atoms with Gasteiger partial charge in [0.2, 0.25) is 0 Å². The molecule has 0 aliphatic heterocycles. The summed E-state index contributed by atoms with van der Waals surface area (Å²) in [6, 6.07) is 5.35. The molecule has 0 radical (unpaired) electrons. The molecule has 1 unspecified atom stereocenters. The van der Waals surface area contributed by atoms with Crippen LogP contribution in [0.15, 0.2) is 23.4 Å². The van der Waals surface area contributed by atoms with Crippen molar-refractivity contribution < 1.29 is 13.7 Å². The molecule has 2 rings (SSSR count). The van der Waals surface area contributed by atoms with Gasteiger partial charge in [-0.3, -0.25) is 9.00 Å². The number of ketones is 1. The number of rotatable bonds is 5. The quantitative estimate of drug-likeness (QED) is 0.920. The van der Waals surface area contributed by atoms with E-state index < -0.39 is 10.8 Å². The van der Waals surface area contributed by atoms with Crippen LogP contribution in [0, 0.1) is 0 Å².